The molecule has 0 atom stereocenters. The van der Waals surface area contributed by atoms with Crippen LogP contribution < -0.4 is 14.8 Å². The van der Waals surface area contributed by atoms with E-state index in [1.807, 2.05) is 0 Å². The minimum absolute atomic E-state index is 0.0129. The van der Waals surface area contributed by atoms with Crippen LogP contribution in [0.25, 0.3) is 0 Å². The van der Waals surface area contributed by atoms with Crippen LogP contribution in [0.4, 0.5) is 11.4 Å². The number of sulfonamides is 1. The molecule has 3 aromatic carbocycles. The largest absolute Gasteiger partial charge is 0.492 e. The van der Waals surface area contributed by atoms with Gasteiger partial charge in [0.2, 0.25) is 0 Å². The standard InChI is InChI=1S/C23H19BrN2O4S/c1-3-16-6-5-7-20(14-16)25-23(27)17-8-11-19(12-9-17)26-31(28,29)22-15-18(24)10-13-21(22)30-4-2/h1,5-15,26H,4H2,2H3,(H,25,27). The van der Waals surface area contributed by atoms with Crippen molar-refractivity contribution >= 4 is 43.2 Å². The number of anilines is 2. The Balaban J connectivity index is 1.76. The molecule has 0 aromatic heterocycles. The van der Waals surface area contributed by atoms with Crippen molar-refractivity contribution in [1.82, 2.24) is 0 Å². The maximum absolute atomic E-state index is 12.9. The fourth-order valence-electron chi connectivity index (χ4n) is 2.76. The zero-order chi connectivity index (χ0) is 22.4. The van der Waals surface area contributed by atoms with Gasteiger partial charge in [-0.25, -0.2) is 8.42 Å². The summed E-state index contributed by atoms with van der Waals surface area (Å²) < 4.78 is 34.3. The van der Waals surface area contributed by atoms with Crippen LogP contribution in [0.15, 0.2) is 76.1 Å². The maximum atomic E-state index is 12.9. The second-order valence-corrected chi connectivity index (χ2v) is 8.95. The third kappa shape index (κ3) is 5.66. The highest BCUT2D eigenvalue weighted by atomic mass is 79.9. The summed E-state index contributed by atoms with van der Waals surface area (Å²) in [7, 11) is -3.90. The molecule has 0 bridgehead atoms. The molecule has 0 aliphatic rings. The lowest BCUT2D eigenvalue weighted by Gasteiger charge is -2.13. The average Bonchev–Trinajstić information content (AvgIpc) is 2.75. The van der Waals surface area contributed by atoms with Gasteiger partial charge in [-0.2, -0.15) is 0 Å². The summed E-state index contributed by atoms with van der Waals surface area (Å²) in [4.78, 5) is 12.5. The monoisotopic (exact) mass is 498 g/mol. The van der Waals surface area contributed by atoms with Crippen molar-refractivity contribution in [2.24, 2.45) is 0 Å². The molecule has 0 saturated heterocycles. The normalized spacial score (nSPS) is 10.7. The highest BCUT2D eigenvalue weighted by Gasteiger charge is 2.20. The molecule has 0 fully saturated rings. The van der Waals surface area contributed by atoms with Gasteiger partial charge in [0.05, 0.1) is 6.61 Å². The van der Waals surface area contributed by atoms with Crippen LogP contribution in [-0.4, -0.2) is 20.9 Å². The molecule has 0 spiro atoms. The summed E-state index contributed by atoms with van der Waals surface area (Å²) in [6.07, 6.45) is 5.37. The van der Waals surface area contributed by atoms with E-state index in [2.05, 4.69) is 31.9 Å². The van der Waals surface area contributed by atoms with Gasteiger partial charge in [-0.1, -0.05) is 27.9 Å². The van der Waals surface area contributed by atoms with E-state index in [1.165, 1.54) is 30.3 Å². The summed E-state index contributed by atoms with van der Waals surface area (Å²) >= 11 is 3.28. The molecule has 0 unspecified atom stereocenters. The van der Waals surface area contributed by atoms with Crippen LogP contribution in [-0.2, 0) is 10.0 Å². The van der Waals surface area contributed by atoms with Gasteiger partial charge in [0.25, 0.3) is 15.9 Å². The lowest BCUT2D eigenvalue weighted by atomic mass is 10.1. The van der Waals surface area contributed by atoms with Gasteiger partial charge >= 0.3 is 0 Å². The molecule has 3 rings (SSSR count). The summed E-state index contributed by atoms with van der Waals surface area (Å²) in [5, 5.41) is 2.76. The van der Waals surface area contributed by atoms with Crippen molar-refractivity contribution in [1.29, 1.82) is 0 Å². The predicted octanol–water partition coefficient (Wildman–Crippen LogP) is 4.88. The van der Waals surface area contributed by atoms with Crippen LogP contribution in [0.2, 0.25) is 0 Å². The van der Waals surface area contributed by atoms with Crippen LogP contribution in [0.3, 0.4) is 0 Å². The maximum Gasteiger partial charge on any atom is 0.265 e. The highest BCUT2D eigenvalue weighted by Crippen LogP contribution is 2.29. The van der Waals surface area contributed by atoms with Crippen molar-refractivity contribution in [2.45, 2.75) is 11.8 Å². The zero-order valence-electron chi connectivity index (χ0n) is 16.6. The van der Waals surface area contributed by atoms with E-state index in [0.29, 0.717) is 33.6 Å². The topological polar surface area (TPSA) is 84.5 Å². The van der Waals surface area contributed by atoms with Crippen molar-refractivity contribution in [3.8, 4) is 18.1 Å². The Kier molecular flexibility index (Phi) is 7.00. The van der Waals surface area contributed by atoms with Gasteiger partial charge in [0.1, 0.15) is 10.6 Å². The molecule has 3 aromatic rings. The molecule has 8 heteroatoms. The number of halogens is 1. The smallest absolute Gasteiger partial charge is 0.265 e. The van der Waals surface area contributed by atoms with Crippen LogP contribution in [0.1, 0.15) is 22.8 Å². The van der Waals surface area contributed by atoms with E-state index >= 15 is 0 Å². The Labute approximate surface area is 189 Å². The summed E-state index contributed by atoms with van der Waals surface area (Å²) in [5.74, 6) is 2.42. The lowest BCUT2D eigenvalue weighted by Crippen LogP contribution is -2.15. The number of hydrogen-bond acceptors (Lipinski definition) is 4. The fraction of sp³-hybridized carbons (Fsp3) is 0.0870. The number of ether oxygens (including phenoxy) is 1. The fourth-order valence-corrected chi connectivity index (χ4v) is 4.50. The van der Waals surface area contributed by atoms with E-state index in [0.717, 1.165) is 0 Å². The Morgan fingerprint density at radius 3 is 2.48 bits per heavy atom. The van der Waals surface area contributed by atoms with Gasteiger partial charge in [-0.15, -0.1) is 6.42 Å². The first-order valence-electron chi connectivity index (χ1n) is 9.25. The van der Waals surface area contributed by atoms with Crippen molar-refractivity contribution in [3.05, 3.63) is 82.3 Å². The third-order valence-electron chi connectivity index (χ3n) is 4.18. The SMILES string of the molecule is C#Cc1cccc(NC(=O)c2ccc(NS(=O)(=O)c3cc(Br)ccc3OCC)cc2)c1. The van der Waals surface area contributed by atoms with E-state index < -0.39 is 10.0 Å². The van der Waals surface area contributed by atoms with Crippen LogP contribution >= 0.6 is 15.9 Å². The number of hydrogen-bond donors (Lipinski definition) is 2. The lowest BCUT2D eigenvalue weighted by molar-refractivity contribution is 0.102. The van der Waals surface area contributed by atoms with Crippen molar-refractivity contribution < 1.29 is 17.9 Å². The van der Waals surface area contributed by atoms with E-state index in [1.54, 1.807) is 43.3 Å². The number of amides is 1. The number of rotatable bonds is 7. The molecule has 0 heterocycles. The molecule has 31 heavy (non-hydrogen) atoms. The number of terminal acetylenes is 1. The Bertz CT molecular complexity index is 1250. The first-order chi connectivity index (χ1) is 14.8. The number of carbonyl (C=O) groups is 1. The van der Waals surface area contributed by atoms with E-state index in [4.69, 9.17) is 11.2 Å². The summed E-state index contributed by atoms with van der Waals surface area (Å²) in [6.45, 7) is 2.11. The molecule has 0 saturated carbocycles. The second kappa shape index (κ2) is 9.69. The van der Waals surface area contributed by atoms with Crippen LogP contribution in [0.5, 0.6) is 5.75 Å². The minimum Gasteiger partial charge on any atom is -0.492 e. The van der Waals surface area contributed by atoms with Crippen molar-refractivity contribution in [2.75, 3.05) is 16.6 Å². The van der Waals surface area contributed by atoms with E-state index in [9.17, 15) is 13.2 Å². The third-order valence-corrected chi connectivity index (χ3v) is 6.08. The van der Waals surface area contributed by atoms with Gasteiger partial charge in [-0.3, -0.25) is 9.52 Å². The first kappa shape index (κ1) is 22.4. The minimum atomic E-state index is -3.90. The number of nitrogens with one attached hydrogen (secondary N) is 2. The Morgan fingerprint density at radius 1 is 1.06 bits per heavy atom. The molecule has 158 valence electrons. The van der Waals surface area contributed by atoms with Crippen LogP contribution in [0, 0.1) is 12.3 Å². The van der Waals surface area contributed by atoms with Gasteiger partial charge in [0, 0.05) is 27.0 Å². The first-order valence-corrected chi connectivity index (χ1v) is 11.5. The molecular weight excluding hydrogens is 480 g/mol. The van der Waals surface area contributed by atoms with Crippen molar-refractivity contribution in [3.63, 3.8) is 0 Å². The summed E-state index contributed by atoms with van der Waals surface area (Å²) in [5.41, 5.74) is 1.91. The summed E-state index contributed by atoms with van der Waals surface area (Å²) in [6, 6.07) is 17.8. The van der Waals surface area contributed by atoms with Gasteiger partial charge < -0.3 is 10.1 Å². The number of benzene rings is 3. The molecular formula is C23H19BrN2O4S. The Hall–Kier alpha value is -3.28. The van der Waals surface area contributed by atoms with Gasteiger partial charge in [-0.05, 0) is 67.6 Å². The molecule has 2 N–H and O–H groups in total. The second-order valence-electron chi connectivity index (χ2n) is 6.39. The highest BCUT2D eigenvalue weighted by molar-refractivity contribution is 9.10. The average molecular weight is 499 g/mol. The zero-order valence-corrected chi connectivity index (χ0v) is 19.0. The number of carbonyl (C=O) groups excluding carboxylic acids is 1. The quantitative estimate of drug-likeness (QED) is 0.454. The Morgan fingerprint density at radius 2 is 1.81 bits per heavy atom. The predicted molar refractivity (Wildman–Crippen MR) is 125 cm³/mol. The van der Waals surface area contributed by atoms with Gasteiger partial charge in [0.15, 0.2) is 0 Å². The molecule has 0 aliphatic heterocycles. The molecule has 0 radical (unpaired) electrons. The van der Waals surface area contributed by atoms with E-state index in [-0.39, 0.29) is 16.6 Å². The molecule has 6 nitrogen and oxygen atoms in total. The molecule has 0 aliphatic carbocycles. The molecule has 1 amide bonds.